The minimum atomic E-state index is -1.82. The Balaban J connectivity index is 1.35. The molecule has 0 bridgehead atoms. The predicted octanol–water partition coefficient (Wildman–Crippen LogP) is 7.29. The van der Waals surface area contributed by atoms with Gasteiger partial charge in [0, 0.05) is 34.3 Å². The number of nitrogens with one attached hydrogen (secondary N) is 2. The molecule has 0 saturated carbocycles. The molecule has 15 heteroatoms. The first-order chi connectivity index (χ1) is 24.8. The molecular formula is C37H46F2N8O3Si2. The SMILES string of the molecule is COc1cnc(-c2c(F)ccc(C#C[Si](C)(C)C)c2F)nc1Nc1cn(COCC[Si](C)(C)C)nc1-c1nc2ccc(CN3CCOCC3)cc2[nH]1. The van der Waals surface area contributed by atoms with E-state index in [1.165, 1.54) is 25.4 Å². The van der Waals surface area contributed by atoms with Gasteiger partial charge >= 0.3 is 0 Å². The number of ether oxygens (including phenoxy) is 3. The van der Waals surface area contributed by atoms with Gasteiger partial charge in [0.05, 0.1) is 60.6 Å². The van der Waals surface area contributed by atoms with Crippen LogP contribution < -0.4 is 10.1 Å². The quantitative estimate of drug-likeness (QED) is 0.0773. The van der Waals surface area contributed by atoms with Gasteiger partial charge in [0.1, 0.15) is 20.6 Å². The summed E-state index contributed by atoms with van der Waals surface area (Å²) in [5.41, 5.74) is 6.71. The molecule has 0 aliphatic carbocycles. The molecule has 274 valence electrons. The van der Waals surface area contributed by atoms with Crippen LogP contribution in [0, 0.1) is 23.1 Å². The molecule has 0 amide bonds. The van der Waals surface area contributed by atoms with Crippen molar-refractivity contribution < 1.29 is 23.0 Å². The maximum absolute atomic E-state index is 15.8. The Morgan fingerprint density at radius 3 is 2.56 bits per heavy atom. The lowest BCUT2D eigenvalue weighted by molar-refractivity contribution is 0.0342. The monoisotopic (exact) mass is 744 g/mol. The van der Waals surface area contributed by atoms with Crippen LogP contribution in [0.25, 0.3) is 33.9 Å². The van der Waals surface area contributed by atoms with Crippen molar-refractivity contribution in [3.63, 3.8) is 0 Å². The number of nitrogens with zero attached hydrogens (tertiary/aromatic N) is 6. The van der Waals surface area contributed by atoms with Crippen LogP contribution in [-0.2, 0) is 22.7 Å². The van der Waals surface area contributed by atoms with Gasteiger partial charge in [-0.2, -0.15) is 5.10 Å². The standard InChI is InChI=1S/C37H46F2N8O3Si2/c1-48-31-21-40-36(32-27(38)10-9-26(33(32)39)12-18-51(2,3)4)44-35(31)43-30-23-47(24-50-17-19-52(5,6)7)45-34(30)37-41-28-11-8-25(20-29(28)42-37)22-46-13-15-49-16-14-46/h8-11,20-21,23H,13-17,19,22,24H2,1-7H3,(H,41,42)(H,40,43,44). The van der Waals surface area contributed by atoms with Crippen LogP contribution in [0.3, 0.4) is 0 Å². The fourth-order valence-electron chi connectivity index (χ4n) is 5.54. The summed E-state index contributed by atoms with van der Waals surface area (Å²) >= 11 is 0. The lowest BCUT2D eigenvalue weighted by atomic mass is 10.1. The number of methoxy groups -OCH3 is 1. The highest BCUT2D eigenvalue weighted by Gasteiger charge is 2.23. The lowest BCUT2D eigenvalue weighted by Crippen LogP contribution is -2.35. The summed E-state index contributed by atoms with van der Waals surface area (Å²) in [7, 11) is -1.64. The summed E-state index contributed by atoms with van der Waals surface area (Å²) in [6.07, 6.45) is 3.17. The number of H-pyrrole nitrogens is 1. The van der Waals surface area contributed by atoms with Crippen molar-refractivity contribution in [2.45, 2.75) is 58.6 Å². The Hall–Kier alpha value is -4.47. The molecule has 11 nitrogen and oxygen atoms in total. The molecule has 6 rings (SSSR count). The number of halogens is 2. The van der Waals surface area contributed by atoms with Crippen LogP contribution in [0.15, 0.2) is 42.7 Å². The molecule has 3 aromatic heterocycles. The number of anilines is 2. The molecule has 52 heavy (non-hydrogen) atoms. The highest BCUT2D eigenvalue weighted by atomic mass is 28.3. The average molecular weight is 745 g/mol. The highest BCUT2D eigenvalue weighted by Crippen LogP contribution is 2.34. The minimum absolute atomic E-state index is 0.0865. The first kappa shape index (κ1) is 37.3. The number of rotatable bonds is 12. The third-order valence-electron chi connectivity index (χ3n) is 8.38. The van der Waals surface area contributed by atoms with E-state index in [4.69, 9.17) is 24.3 Å². The van der Waals surface area contributed by atoms with Crippen molar-refractivity contribution in [2.24, 2.45) is 0 Å². The van der Waals surface area contributed by atoms with Gasteiger partial charge < -0.3 is 24.5 Å². The molecule has 0 spiro atoms. The van der Waals surface area contributed by atoms with E-state index in [1.807, 2.05) is 6.07 Å². The van der Waals surface area contributed by atoms with Gasteiger partial charge in [-0.3, -0.25) is 4.90 Å². The highest BCUT2D eigenvalue weighted by molar-refractivity contribution is 6.83. The van der Waals surface area contributed by atoms with Gasteiger partial charge in [-0.15, -0.1) is 5.54 Å². The molecule has 1 fully saturated rings. The van der Waals surface area contributed by atoms with Crippen molar-refractivity contribution in [2.75, 3.05) is 45.3 Å². The summed E-state index contributed by atoms with van der Waals surface area (Å²) in [5, 5.41) is 8.14. The van der Waals surface area contributed by atoms with E-state index in [0.29, 0.717) is 23.8 Å². The first-order valence-electron chi connectivity index (χ1n) is 17.4. The van der Waals surface area contributed by atoms with E-state index in [9.17, 15) is 0 Å². The number of morpholine rings is 1. The number of aromatic amines is 1. The smallest absolute Gasteiger partial charge is 0.179 e. The maximum Gasteiger partial charge on any atom is 0.179 e. The van der Waals surface area contributed by atoms with E-state index in [-0.39, 0.29) is 35.2 Å². The second-order valence-electron chi connectivity index (χ2n) is 15.1. The van der Waals surface area contributed by atoms with E-state index in [2.05, 4.69) is 88.0 Å². The molecule has 0 atom stereocenters. The van der Waals surface area contributed by atoms with Crippen LogP contribution in [0.5, 0.6) is 5.75 Å². The van der Waals surface area contributed by atoms with Crippen molar-refractivity contribution in [3.8, 4) is 40.1 Å². The molecule has 1 saturated heterocycles. The molecule has 4 heterocycles. The van der Waals surface area contributed by atoms with Gasteiger partial charge in [0.25, 0.3) is 0 Å². The first-order valence-corrected chi connectivity index (χ1v) is 24.6. The molecule has 0 radical (unpaired) electrons. The number of imidazole rings is 1. The van der Waals surface area contributed by atoms with E-state index in [1.54, 1.807) is 10.9 Å². The summed E-state index contributed by atoms with van der Waals surface area (Å²) < 4.78 is 49.8. The molecule has 0 unspecified atom stereocenters. The van der Waals surface area contributed by atoms with E-state index in [0.717, 1.165) is 55.5 Å². The Morgan fingerprint density at radius 1 is 1.04 bits per heavy atom. The van der Waals surface area contributed by atoms with Gasteiger partial charge in [-0.25, -0.2) is 28.4 Å². The van der Waals surface area contributed by atoms with Crippen LogP contribution in [0.1, 0.15) is 11.1 Å². The summed E-state index contributed by atoms with van der Waals surface area (Å²) in [6.45, 7) is 18.0. The summed E-state index contributed by atoms with van der Waals surface area (Å²) in [5.74, 6) is 2.10. The normalized spacial score (nSPS) is 14.0. The van der Waals surface area contributed by atoms with Crippen LogP contribution in [0.4, 0.5) is 20.3 Å². The zero-order valence-corrected chi connectivity index (χ0v) is 32.9. The Bertz CT molecular complexity index is 2110. The molecule has 2 N–H and O–H groups in total. The molecular weight excluding hydrogens is 699 g/mol. The predicted molar refractivity (Wildman–Crippen MR) is 205 cm³/mol. The number of hydrogen-bond donors (Lipinski definition) is 2. The van der Waals surface area contributed by atoms with Gasteiger partial charge in [-0.1, -0.05) is 51.3 Å². The molecule has 5 aromatic rings. The molecule has 1 aliphatic rings. The van der Waals surface area contributed by atoms with Crippen LogP contribution in [0.2, 0.25) is 45.3 Å². The molecule has 2 aromatic carbocycles. The number of fused-ring (bicyclic) bond motifs is 1. The Kier molecular flexibility index (Phi) is 11.2. The number of hydrogen-bond acceptors (Lipinski definition) is 9. The van der Waals surface area contributed by atoms with Crippen molar-refractivity contribution in [1.29, 1.82) is 0 Å². The van der Waals surface area contributed by atoms with Gasteiger partial charge in [-0.05, 0) is 35.9 Å². The third-order valence-corrected chi connectivity index (χ3v) is 11.0. The molecule has 1 aliphatic heterocycles. The van der Waals surface area contributed by atoms with Crippen LogP contribution in [-0.4, -0.2) is 90.8 Å². The Morgan fingerprint density at radius 2 is 1.83 bits per heavy atom. The van der Waals surface area contributed by atoms with Gasteiger partial charge in [0.2, 0.25) is 0 Å². The Labute approximate surface area is 305 Å². The van der Waals surface area contributed by atoms with Crippen molar-refractivity contribution in [3.05, 3.63) is 65.5 Å². The minimum Gasteiger partial charge on any atom is -0.491 e. The lowest BCUT2D eigenvalue weighted by Gasteiger charge is -2.26. The van der Waals surface area contributed by atoms with Crippen LogP contribution >= 0.6 is 0 Å². The average Bonchev–Trinajstić information content (AvgIpc) is 3.69. The number of aromatic nitrogens is 6. The van der Waals surface area contributed by atoms with Gasteiger partial charge in [0.15, 0.2) is 34.7 Å². The van der Waals surface area contributed by atoms with Crippen molar-refractivity contribution >= 4 is 38.7 Å². The second-order valence-corrected chi connectivity index (χ2v) is 25.5. The maximum atomic E-state index is 15.8. The second kappa shape index (κ2) is 15.6. The summed E-state index contributed by atoms with van der Waals surface area (Å²) in [4.78, 5) is 19.5. The zero-order valence-electron chi connectivity index (χ0n) is 30.9. The summed E-state index contributed by atoms with van der Waals surface area (Å²) in [6, 6.07) is 9.74. The fourth-order valence-corrected chi connectivity index (χ4v) is 6.81. The zero-order chi connectivity index (χ0) is 37.0. The topological polar surface area (TPSA) is 115 Å². The number of benzene rings is 2. The van der Waals surface area contributed by atoms with E-state index >= 15 is 8.78 Å². The van der Waals surface area contributed by atoms with E-state index < -0.39 is 27.8 Å². The third kappa shape index (κ3) is 9.30. The largest absolute Gasteiger partial charge is 0.491 e. The fraction of sp³-hybridized carbons (Fsp3) is 0.405. The van der Waals surface area contributed by atoms with Crippen molar-refractivity contribution in [1.82, 2.24) is 34.6 Å².